The Hall–Kier alpha value is -1.61. The average molecular weight is 300 g/mol. The molecule has 0 unspecified atom stereocenters. The molecule has 106 valence electrons. The van der Waals surface area contributed by atoms with E-state index in [-0.39, 0.29) is 35.5 Å². The van der Waals surface area contributed by atoms with Crippen LogP contribution in [0.1, 0.15) is 6.42 Å². The Morgan fingerprint density at radius 2 is 1.52 bits per heavy atom. The molecule has 1 aromatic carbocycles. The number of rotatable bonds is 1. The van der Waals surface area contributed by atoms with E-state index in [1.54, 1.807) is 12.1 Å². The van der Waals surface area contributed by atoms with Crippen LogP contribution in [0.25, 0.3) is 0 Å². The van der Waals surface area contributed by atoms with Crippen LogP contribution in [0.2, 0.25) is 5.02 Å². The molecule has 0 N–H and O–H groups in total. The second-order valence-electron chi connectivity index (χ2n) is 6.62. The number of para-hydroxylation sites is 1. The second kappa shape index (κ2) is 3.77. The van der Waals surface area contributed by atoms with Crippen molar-refractivity contribution in [1.82, 2.24) is 0 Å². The monoisotopic (exact) mass is 299 g/mol. The fourth-order valence-corrected chi connectivity index (χ4v) is 5.05. The van der Waals surface area contributed by atoms with Crippen molar-refractivity contribution in [2.75, 3.05) is 4.90 Å². The summed E-state index contributed by atoms with van der Waals surface area (Å²) in [5, 5.41) is 0.461. The van der Waals surface area contributed by atoms with Gasteiger partial charge in [0.1, 0.15) is 0 Å². The Morgan fingerprint density at radius 3 is 2.10 bits per heavy atom. The number of nitrogens with zero attached hydrogens (tertiary/aromatic N) is 1. The molecule has 1 aliphatic heterocycles. The molecule has 3 nitrogen and oxygen atoms in total. The number of benzene rings is 1. The van der Waals surface area contributed by atoms with E-state index in [2.05, 4.69) is 12.2 Å². The fourth-order valence-electron chi connectivity index (χ4n) is 4.83. The number of hydrogen-bond donors (Lipinski definition) is 0. The fraction of sp³-hybridized carbons (Fsp3) is 0.412. The van der Waals surface area contributed by atoms with Crippen LogP contribution >= 0.6 is 11.6 Å². The first-order chi connectivity index (χ1) is 10.2. The Balaban J connectivity index is 1.62. The molecule has 6 atom stereocenters. The third-order valence-corrected chi connectivity index (χ3v) is 6.08. The van der Waals surface area contributed by atoms with Crippen LogP contribution in [0.3, 0.4) is 0 Å². The van der Waals surface area contributed by atoms with Crippen molar-refractivity contribution >= 4 is 29.1 Å². The zero-order valence-corrected chi connectivity index (χ0v) is 12.0. The number of amides is 2. The quantitative estimate of drug-likeness (QED) is 0.591. The van der Waals surface area contributed by atoms with Crippen LogP contribution in [0, 0.1) is 35.5 Å². The molecule has 2 saturated carbocycles. The predicted octanol–water partition coefficient (Wildman–Crippen LogP) is 2.90. The standard InChI is InChI=1S/C17H14ClNO2/c18-12-3-1-2-4-13(12)19-16(20)14-8-5-6-9(11-7-10(8)11)15(14)17(19)21/h1-6,8-11,14-15H,7H2/t8-,9-,10-,11-,14-,15+/m1/s1. The molecule has 3 fully saturated rings. The van der Waals surface area contributed by atoms with Crippen molar-refractivity contribution < 1.29 is 9.59 Å². The van der Waals surface area contributed by atoms with Crippen molar-refractivity contribution in [2.24, 2.45) is 35.5 Å². The zero-order chi connectivity index (χ0) is 14.3. The normalized spacial score (nSPS) is 42.2. The van der Waals surface area contributed by atoms with Crippen molar-refractivity contribution in [1.29, 1.82) is 0 Å². The second-order valence-corrected chi connectivity index (χ2v) is 7.03. The van der Waals surface area contributed by atoms with Crippen molar-refractivity contribution in [3.63, 3.8) is 0 Å². The van der Waals surface area contributed by atoms with E-state index in [0.29, 0.717) is 22.5 Å². The summed E-state index contributed by atoms with van der Waals surface area (Å²) in [5.41, 5.74) is 0.539. The first-order valence-corrected chi connectivity index (χ1v) is 7.87. The van der Waals surface area contributed by atoms with E-state index in [0.717, 1.165) is 0 Å². The van der Waals surface area contributed by atoms with E-state index in [4.69, 9.17) is 11.6 Å². The van der Waals surface area contributed by atoms with Crippen LogP contribution < -0.4 is 4.90 Å². The van der Waals surface area contributed by atoms with Gasteiger partial charge in [0, 0.05) is 0 Å². The van der Waals surface area contributed by atoms with Crippen LogP contribution in [-0.2, 0) is 9.59 Å². The summed E-state index contributed by atoms with van der Waals surface area (Å²) in [7, 11) is 0. The topological polar surface area (TPSA) is 37.4 Å². The van der Waals surface area contributed by atoms with E-state index in [9.17, 15) is 9.59 Å². The molecule has 1 saturated heterocycles. The van der Waals surface area contributed by atoms with Gasteiger partial charge in [-0.25, -0.2) is 4.90 Å². The molecular formula is C17H14ClNO2. The molecule has 4 aliphatic carbocycles. The first kappa shape index (κ1) is 12.0. The van der Waals surface area contributed by atoms with Crippen LogP contribution in [-0.4, -0.2) is 11.8 Å². The minimum absolute atomic E-state index is 0.0530. The molecule has 4 heteroatoms. The number of carbonyl (C=O) groups excluding carboxylic acids is 2. The van der Waals surface area contributed by atoms with Crippen molar-refractivity contribution in [3.8, 4) is 0 Å². The minimum Gasteiger partial charge on any atom is -0.274 e. The highest BCUT2D eigenvalue weighted by Crippen LogP contribution is 2.65. The third kappa shape index (κ3) is 1.35. The van der Waals surface area contributed by atoms with Gasteiger partial charge in [0.15, 0.2) is 0 Å². The summed E-state index contributed by atoms with van der Waals surface area (Å²) >= 11 is 6.20. The Labute approximate surface area is 127 Å². The lowest BCUT2D eigenvalue weighted by Gasteiger charge is -2.37. The highest BCUT2D eigenvalue weighted by atomic mass is 35.5. The molecule has 6 rings (SSSR count). The number of anilines is 1. The molecular weight excluding hydrogens is 286 g/mol. The molecule has 0 spiro atoms. The number of hydrogen-bond acceptors (Lipinski definition) is 2. The van der Waals surface area contributed by atoms with E-state index in [1.165, 1.54) is 11.3 Å². The van der Waals surface area contributed by atoms with Gasteiger partial charge in [-0.2, -0.15) is 0 Å². The van der Waals surface area contributed by atoms with E-state index < -0.39 is 0 Å². The summed E-state index contributed by atoms with van der Waals surface area (Å²) in [6.07, 6.45) is 5.55. The maximum atomic E-state index is 12.9. The smallest absolute Gasteiger partial charge is 0.238 e. The van der Waals surface area contributed by atoms with Gasteiger partial charge < -0.3 is 0 Å². The summed E-state index contributed by atoms with van der Waals surface area (Å²) in [6.45, 7) is 0. The van der Waals surface area contributed by atoms with Gasteiger partial charge in [0.25, 0.3) is 0 Å². The van der Waals surface area contributed by atoms with Gasteiger partial charge in [-0.3, -0.25) is 9.59 Å². The first-order valence-electron chi connectivity index (χ1n) is 7.49. The lowest BCUT2D eigenvalue weighted by molar-refractivity contribution is -0.124. The van der Waals surface area contributed by atoms with Crippen LogP contribution in [0.4, 0.5) is 5.69 Å². The maximum Gasteiger partial charge on any atom is 0.238 e. The zero-order valence-electron chi connectivity index (χ0n) is 11.3. The minimum atomic E-state index is -0.160. The summed E-state index contributed by atoms with van der Waals surface area (Å²) in [5.74, 6) is 1.35. The summed E-state index contributed by atoms with van der Waals surface area (Å²) < 4.78 is 0. The van der Waals surface area contributed by atoms with Gasteiger partial charge in [-0.05, 0) is 42.2 Å². The molecule has 21 heavy (non-hydrogen) atoms. The number of imide groups is 1. The van der Waals surface area contributed by atoms with Crippen LogP contribution in [0.5, 0.6) is 0 Å². The Morgan fingerprint density at radius 1 is 0.952 bits per heavy atom. The lowest BCUT2D eigenvalue weighted by atomic mass is 9.63. The molecule has 0 aromatic heterocycles. The van der Waals surface area contributed by atoms with Gasteiger partial charge >= 0.3 is 0 Å². The van der Waals surface area contributed by atoms with Crippen molar-refractivity contribution in [3.05, 3.63) is 41.4 Å². The highest BCUT2D eigenvalue weighted by Gasteiger charge is 2.67. The van der Waals surface area contributed by atoms with E-state index >= 15 is 0 Å². The summed E-state index contributed by atoms with van der Waals surface area (Å²) in [4.78, 5) is 27.1. The largest absolute Gasteiger partial charge is 0.274 e. The summed E-state index contributed by atoms with van der Waals surface area (Å²) in [6, 6.07) is 7.10. The SMILES string of the molecule is O=C1[C@@H]2[C@@H]3C=C[C@H]([C@H]4C[C@H]34)[C@@H]2C(=O)N1c1ccccc1Cl. The Bertz CT molecular complexity index is 676. The molecule has 1 heterocycles. The lowest BCUT2D eigenvalue weighted by Crippen LogP contribution is -2.40. The van der Waals surface area contributed by atoms with Gasteiger partial charge in [0.05, 0.1) is 22.5 Å². The van der Waals surface area contributed by atoms with Gasteiger partial charge in [0.2, 0.25) is 11.8 Å². The number of carbonyl (C=O) groups is 2. The predicted molar refractivity (Wildman–Crippen MR) is 78.6 cm³/mol. The van der Waals surface area contributed by atoms with Crippen LogP contribution in [0.15, 0.2) is 36.4 Å². The molecule has 1 aromatic rings. The third-order valence-electron chi connectivity index (χ3n) is 5.76. The van der Waals surface area contributed by atoms with Gasteiger partial charge in [-0.1, -0.05) is 35.9 Å². The molecule has 0 radical (unpaired) electrons. The van der Waals surface area contributed by atoms with Gasteiger partial charge in [-0.15, -0.1) is 0 Å². The van der Waals surface area contributed by atoms with Crippen molar-refractivity contribution in [2.45, 2.75) is 6.42 Å². The highest BCUT2D eigenvalue weighted by molar-refractivity contribution is 6.36. The number of allylic oxidation sites excluding steroid dienone is 2. The average Bonchev–Trinajstić information content (AvgIpc) is 3.26. The maximum absolute atomic E-state index is 12.9. The van der Waals surface area contributed by atoms with E-state index in [1.807, 2.05) is 12.1 Å². The Kier molecular flexibility index (Phi) is 2.15. The molecule has 5 aliphatic rings. The molecule has 2 bridgehead atoms. The molecule has 2 amide bonds. The number of halogens is 1.